The Hall–Kier alpha value is -2.22. The van der Waals surface area contributed by atoms with Crippen LogP contribution in [0.3, 0.4) is 0 Å². The quantitative estimate of drug-likeness (QED) is 0.359. The Kier molecular flexibility index (Phi) is 4.52. The molecule has 25 heavy (non-hydrogen) atoms. The van der Waals surface area contributed by atoms with Crippen LogP contribution in [0, 0.1) is 0 Å². The van der Waals surface area contributed by atoms with Gasteiger partial charge in [0.25, 0.3) is 0 Å². The average molecular weight is 386 g/mol. The third-order valence-electron chi connectivity index (χ3n) is 3.58. The van der Waals surface area contributed by atoms with Crippen molar-refractivity contribution in [3.8, 4) is 11.1 Å². The van der Waals surface area contributed by atoms with Crippen LogP contribution in [0.4, 0.5) is 0 Å². The van der Waals surface area contributed by atoms with Crippen LogP contribution in [-0.4, -0.2) is 24.7 Å². The zero-order valence-corrected chi connectivity index (χ0v) is 15.4. The number of fused-ring (bicyclic) bond motifs is 1. The van der Waals surface area contributed by atoms with Crippen molar-refractivity contribution in [1.29, 1.82) is 0 Å². The van der Waals surface area contributed by atoms with Crippen molar-refractivity contribution in [1.82, 2.24) is 24.7 Å². The third kappa shape index (κ3) is 3.18. The highest BCUT2D eigenvalue weighted by molar-refractivity contribution is 7.99. The third-order valence-corrected chi connectivity index (χ3v) is 5.72. The Morgan fingerprint density at radius 3 is 2.88 bits per heavy atom. The Balaban J connectivity index is 1.81. The largest absolute Gasteiger partial charge is 0.304 e. The maximum Gasteiger partial charge on any atom is 0.197 e. The van der Waals surface area contributed by atoms with Crippen LogP contribution in [0.15, 0.2) is 65.1 Å². The molecule has 0 saturated carbocycles. The van der Waals surface area contributed by atoms with Gasteiger partial charge in [-0.2, -0.15) is 0 Å². The normalized spacial score (nSPS) is 11.1. The van der Waals surface area contributed by atoms with E-state index in [4.69, 9.17) is 11.6 Å². The number of halogens is 1. The standard InChI is InChI=1S/C17H12ClN5S2/c1-2-7-23-10-21-22-17(23)25-16-14-13(8-24-15(14)19-9-20-16)11-3-5-12(18)6-4-11/h2-6,8-10H,1,7H2. The number of thiophene rings is 1. The molecular weight excluding hydrogens is 374 g/mol. The molecule has 4 aromatic rings. The lowest BCUT2D eigenvalue weighted by atomic mass is 10.1. The van der Waals surface area contributed by atoms with Crippen LogP contribution in [0.5, 0.6) is 0 Å². The molecule has 3 aromatic heterocycles. The molecule has 0 N–H and O–H groups in total. The van der Waals surface area contributed by atoms with Crippen molar-refractivity contribution in [2.24, 2.45) is 0 Å². The second kappa shape index (κ2) is 6.95. The molecule has 1 aromatic carbocycles. The van der Waals surface area contributed by atoms with Gasteiger partial charge in [-0.1, -0.05) is 29.8 Å². The molecule has 124 valence electrons. The topological polar surface area (TPSA) is 56.5 Å². The molecule has 0 aliphatic rings. The fourth-order valence-corrected chi connectivity index (χ4v) is 4.46. The van der Waals surface area contributed by atoms with Crippen molar-refractivity contribution in [3.05, 3.63) is 60.0 Å². The predicted molar refractivity (Wildman–Crippen MR) is 102 cm³/mol. The zero-order valence-electron chi connectivity index (χ0n) is 13.0. The van der Waals surface area contributed by atoms with Gasteiger partial charge in [-0.05, 0) is 29.5 Å². The number of hydrogen-bond acceptors (Lipinski definition) is 6. The smallest absolute Gasteiger partial charge is 0.197 e. The fraction of sp³-hybridized carbons (Fsp3) is 0.0588. The number of rotatable bonds is 5. The molecule has 4 rings (SSSR count). The van der Waals surface area contributed by atoms with Crippen molar-refractivity contribution < 1.29 is 0 Å². The molecule has 3 heterocycles. The van der Waals surface area contributed by atoms with Gasteiger partial charge in [-0.3, -0.25) is 0 Å². The van der Waals surface area contributed by atoms with Crippen LogP contribution in [0.2, 0.25) is 5.02 Å². The zero-order chi connectivity index (χ0) is 17.2. The molecule has 0 saturated heterocycles. The second-order valence-corrected chi connectivity index (χ2v) is 7.42. The van der Waals surface area contributed by atoms with E-state index in [0.29, 0.717) is 11.6 Å². The minimum absolute atomic E-state index is 0.650. The van der Waals surface area contributed by atoms with E-state index in [-0.39, 0.29) is 0 Å². The predicted octanol–water partition coefficient (Wildman–Crippen LogP) is 4.94. The van der Waals surface area contributed by atoms with E-state index in [0.717, 1.165) is 31.5 Å². The lowest BCUT2D eigenvalue weighted by molar-refractivity contribution is 0.724. The molecule has 0 amide bonds. The van der Waals surface area contributed by atoms with Crippen LogP contribution >= 0.6 is 34.7 Å². The molecule has 0 bridgehead atoms. The molecular formula is C17H12ClN5S2. The summed E-state index contributed by atoms with van der Waals surface area (Å²) in [5, 5.41) is 13.6. The molecule has 0 aliphatic carbocycles. The lowest BCUT2D eigenvalue weighted by Gasteiger charge is -2.06. The van der Waals surface area contributed by atoms with Crippen LogP contribution in [0.25, 0.3) is 21.3 Å². The summed E-state index contributed by atoms with van der Waals surface area (Å²) in [7, 11) is 0. The number of benzene rings is 1. The second-order valence-electron chi connectivity index (χ2n) is 5.17. The first-order valence-corrected chi connectivity index (χ1v) is 9.48. The molecule has 0 fully saturated rings. The lowest BCUT2D eigenvalue weighted by Crippen LogP contribution is -1.96. The highest BCUT2D eigenvalue weighted by Gasteiger charge is 2.16. The van der Waals surface area contributed by atoms with Gasteiger partial charge in [-0.25, -0.2) is 9.97 Å². The van der Waals surface area contributed by atoms with Crippen molar-refractivity contribution >= 4 is 44.9 Å². The van der Waals surface area contributed by atoms with E-state index < -0.39 is 0 Å². The SMILES string of the molecule is C=CCn1cnnc1Sc1ncnc2scc(-c3ccc(Cl)cc3)c12. The summed E-state index contributed by atoms with van der Waals surface area (Å²) in [5.41, 5.74) is 2.18. The van der Waals surface area contributed by atoms with Crippen LogP contribution in [0.1, 0.15) is 0 Å². The van der Waals surface area contributed by atoms with Crippen LogP contribution in [-0.2, 0) is 6.54 Å². The summed E-state index contributed by atoms with van der Waals surface area (Å²) >= 11 is 9.09. The summed E-state index contributed by atoms with van der Waals surface area (Å²) < 4.78 is 1.93. The fourth-order valence-electron chi connectivity index (χ4n) is 2.44. The number of hydrogen-bond donors (Lipinski definition) is 0. The molecule has 0 spiro atoms. The summed E-state index contributed by atoms with van der Waals surface area (Å²) in [6.07, 6.45) is 5.09. The highest BCUT2D eigenvalue weighted by Crippen LogP contribution is 2.39. The van der Waals surface area contributed by atoms with E-state index in [9.17, 15) is 0 Å². The maximum absolute atomic E-state index is 6.01. The monoisotopic (exact) mass is 385 g/mol. The molecule has 0 atom stereocenters. The van der Waals surface area contributed by atoms with E-state index >= 15 is 0 Å². The molecule has 0 unspecified atom stereocenters. The first-order chi connectivity index (χ1) is 12.3. The Morgan fingerprint density at radius 1 is 1.24 bits per heavy atom. The minimum Gasteiger partial charge on any atom is -0.304 e. The summed E-state index contributed by atoms with van der Waals surface area (Å²) in [6, 6.07) is 7.78. The van der Waals surface area contributed by atoms with Gasteiger partial charge in [0, 0.05) is 22.5 Å². The number of allylic oxidation sites excluding steroid dienone is 1. The molecule has 8 heteroatoms. The summed E-state index contributed by atoms with van der Waals surface area (Å²) in [4.78, 5) is 9.83. The van der Waals surface area contributed by atoms with Crippen LogP contribution < -0.4 is 0 Å². The maximum atomic E-state index is 6.01. The van der Waals surface area contributed by atoms with Crippen molar-refractivity contribution in [2.75, 3.05) is 0 Å². The number of nitrogens with zero attached hydrogens (tertiary/aromatic N) is 5. The molecule has 0 radical (unpaired) electrons. The van der Waals surface area contributed by atoms with Gasteiger partial charge in [0.1, 0.15) is 22.5 Å². The Labute approximate surface area is 157 Å². The van der Waals surface area contributed by atoms with E-state index in [2.05, 4.69) is 32.1 Å². The average Bonchev–Trinajstić information content (AvgIpc) is 3.24. The van der Waals surface area contributed by atoms with Crippen molar-refractivity contribution in [3.63, 3.8) is 0 Å². The first-order valence-electron chi connectivity index (χ1n) is 7.41. The molecule has 0 aliphatic heterocycles. The van der Waals surface area contributed by atoms with Gasteiger partial charge >= 0.3 is 0 Å². The van der Waals surface area contributed by atoms with E-state index in [1.54, 1.807) is 24.0 Å². The van der Waals surface area contributed by atoms with Crippen molar-refractivity contribution in [2.45, 2.75) is 16.7 Å². The van der Waals surface area contributed by atoms with Gasteiger partial charge in [0.05, 0.1) is 5.39 Å². The van der Waals surface area contributed by atoms with E-state index in [1.165, 1.54) is 11.8 Å². The Bertz CT molecular complexity index is 1040. The highest BCUT2D eigenvalue weighted by atomic mass is 35.5. The van der Waals surface area contributed by atoms with Gasteiger partial charge in [0.2, 0.25) is 0 Å². The Morgan fingerprint density at radius 2 is 2.08 bits per heavy atom. The molecule has 5 nitrogen and oxygen atoms in total. The summed E-state index contributed by atoms with van der Waals surface area (Å²) in [5.74, 6) is 0. The van der Waals surface area contributed by atoms with Gasteiger partial charge in [0.15, 0.2) is 5.16 Å². The summed E-state index contributed by atoms with van der Waals surface area (Å²) in [6.45, 7) is 4.42. The number of aromatic nitrogens is 5. The van der Waals surface area contributed by atoms with Gasteiger partial charge in [-0.15, -0.1) is 28.1 Å². The first kappa shape index (κ1) is 16.3. The van der Waals surface area contributed by atoms with Gasteiger partial charge < -0.3 is 4.57 Å². The van der Waals surface area contributed by atoms with E-state index in [1.807, 2.05) is 34.9 Å². The minimum atomic E-state index is 0.650.